The fourth-order valence-corrected chi connectivity index (χ4v) is 2.90. The maximum absolute atomic E-state index is 12.4. The smallest absolute Gasteiger partial charge is 0.338 e. The molecule has 0 aromatic heterocycles. The van der Waals surface area contributed by atoms with Gasteiger partial charge in [0.1, 0.15) is 6.10 Å². The van der Waals surface area contributed by atoms with Crippen LogP contribution in [-0.2, 0) is 28.5 Å². The van der Waals surface area contributed by atoms with E-state index in [1.54, 1.807) is 36.4 Å². The fourth-order valence-electron chi connectivity index (χ4n) is 2.38. The monoisotopic (exact) mass is 490 g/mol. The predicted octanol–water partition coefficient (Wildman–Crippen LogP) is 3.06. The normalized spacial score (nSPS) is 24.5. The number of rotatable bonds is 5. The number of esters is 3. The minimum Gasteiger partial charge on any atom is -0.452 e. The van der Waals surface area contributed by atoms with Gasteiger partial charge in [-0.25, -0.2) is 4.79 Å². The first-order valence-electron chi connectivity index (χ1n) is 7.56. The molecular weight excluding hydrogens is 476 g/mol. The van der Waals surface area contributed by atoms with Gasteiger partial charge in [-0.1, -0.05) is 18.2 Å². The van der Waals surface area contributed by atoms with E-state index in [1.165, 1.54) is 13.8 Å². The molecule has 1 unspecified atom stereocenters. The highest BCUT2D eigenvalue weighted by molar-refractivity contribution is 9.28. The summed E-state index contributed by atoms with van der Waals surface area (Å²) in [7, 11) is 0. The Kier molecular flexibility index (Phi) is 7.36. The Bertz CT molecular complexity index is 700. The molecule has 0 bridgehead atoms. The molecule has 140 valence electrons. The van der Waals surface area contributed by atoms with Crippen molar-refractivity contribution >= 4 is 49.8 Å². The quantitative estimate of drug-likeness (QED) is 0.462. The first-order chi connectivity index (χ1) is 12.3. The topological polar surface area (TPSA) is 88.1 Å². The molecular formula is C17H16Br2O7. The molecule has 26 heavy (non-hydrogen) atoms. The summed E-state index contributed by atoms with van der Waals surface area (Å²) in [6, 6.07) is 8.34. The van der Waals surface area contributed by atoms with E-state index in [1.807, 2.05) is 0 Å². The number of hydrogen-bond acceptors (Lipinski definition) is 7. The Morgan fingerprint density at radius 1 is 0.962 bits per heavy atom. The van der Waals surface area contributed by atoms with Crippen molar-refractivity contribution in [1.82, 2.24) is 0 Å². The van der Waals surface area contributed by atoms with Crippen molar-refractivity contribution in [2.24, 2.45) is 0 Å². The predicted molar refractivity (Wildman–Crippen MR) is 97.6 cm³/mol. The molecule has 1 heterocycles. The van der Waals surface area contributed by atoms with Gasteiger partial charge in [0, 0.05) is 13.8 Å². The lowest BCUT2D eigenvalue weighted by Gasteiger charge is -2.22. The largest absolute Gasteiger partial charge is 0.452 e. The standard InChI is InChI=1S/C17H16Br2O7/c1-9(20)23-15-14(26-16(22)11-6-4-3-5-7-11)12(8-13(18)19)25-17(15)24-10(2)21/h3-8,12,14-15,17H,1-2H3/t12-,14-,15-,17?/m1/s1. The molecule has 0 saturated carbocycles. The highest BCUT2D eigenvalue weighted by Gasteiger charge is 2.50. The zero-order valence-corrected chi connectivity index (χ0v) is 17.1. The van der Waals surface area contributed by atoms with E-state index in [0.29, 0.717) is 8.96 Å². The van der Waals surface area contributed by atoms with Gasteiger partial charge >= 0.3 is 17.9 Å². The van der Waals surface area contributed by atoms with Gasteiger partial charge in [0.25, 0.3) is 0 Å². The van der Waals surface area contributed by atoms with E-state index in [-0.39, 0.29) is 0 Å². The molecule has 1 saturated heterocycles. The third kappa shape index (κ3) is 5.65. The summed E-state index contributed by atoms with van der Waals surface area (Å²) in [6.45, 7) is 2.40. The van der Waals surface area contributed by atoms with Crippen molar-refractivity contribution in [2.45, 2.75) is 38.4 Å². The lowest BCUT2D eigenvalue weighted by molar-refractivity contribution is -0.193. The molecule has 0 spiro atoms. The Labute approximate surface area is 166 Å². The maximum Gasteiger partial charge on any atom is 0.338 e. The molecule has 2 rings (SSSR count). The lowest BCUT2D eigenvalue weighted by Crippen LogP contribution is -2.41. The Hall–Kier alpha value is -1.71. The number of ether oxygens (including phenoxy) is 4. The molecule has 0 radical (unpaired) electrons. The minimum atomic E-state index is -1.20. The second-order valence-corrected chi connectivity index (χ2v) is 8.12. The second kappa shape index (κ2) is 9.29. The maximum atomic E-state index is 12.4. The van der Waals surface area contributed by atoms with Crippen LogP contribution in [0.1, 0.15) is 24.2 Å². The summed E-state index contributed by atoms with van der Waals surface area (Å²) in [5, 5.41) is 0. The fraction of sp³-hybridized carbons (Fsp3) is 0.353. The van der Waals surface area contributed by atoms with Crippen LogP contribution < -0.4 is 0 Å². The van der Waals surface area contributed by atoms with Gasteiger partial charge < -0.3 is 18.9 Å². The third-order valence-corrected chi connectivity index (χ3v) is 3.86. The van der Waals surface area contributed by atoms with Crippen LogP contribution in [0.5, 0.6) is 0 Å². The molecule has 1 aliphatic rings. The summed E-state index contributed by atoms with van der Waals surface area (Å²) >= 11 is 6.41. The highest BCUT2D eigenvalue weighted by atomic mass is 79.9. The second-order valence-electron chi connectivity index (χ2n) is 5.34. The first kappa shape index (κ1) is 20.6. The number of hydrogen-bond donors (Lipinski definition) is 0. The average Bonchev–Trinajstić information content (AvgIpc) is 2.83. The van der Waals surface area contributed by atoms with Crippen LogP contribution in [-0.4, -0.2) is 42.5 Å². The lowest BCUT2D eigenvalue weighted by atomic mass is 10.1. The van der Waals surface area contributed by atoms with Crippen molar-refractivity contribution in [3.05, 3.63) is 45.4 Å². The summed E-state index contributed by atoms with van der Waals surface area (Å²) < 4.78 is 21.9. The number of benzene rings is 1. The Morgan fingerprint density at radius 3 is 2.12 bits per heavy atom. The Morgan fingerprint density at radius 2 is 1.58 bits per heavy atom. The molecule has 0 aliphatic carbocycles. The van der Waals surface area contributed by atoms with E-state index in [9.17, 15) is 14.4 Å². The molecule has 0 N–H and O–H groups in total. The van der Waals surface area contributed by atoms with Crippen molar-refractivity contribution in [3.63, 3.8) is 0 Å². The van der Waals surface area contributed by atoms with Crippen LogP contribution in [0.25, 0.3) is 0 Å². The van der Waals surface area contributed by atoms with E-state index in [4.69, 9.17) is 18.9 Å². The van der Waals surface area contributed by atoms with E-state index in [0.717, 1.165) is 0 Å². The summed E-state index contributed by atoms with van der Waals surface area (Å²) in [5.41, 5.74) is 0.325. The number of carbonyl (C=O) groups is 3. The summed E-state index contributed by atoms with van der Waals surface area (Å²) in [5.74, 6) is -1.87. The average molecular weight is 492 g/mol. The van der Waals surface area contributed by atoms with Gasteiger partial charge in [0.15, 0.2) is 6.10 Å². The van der Waals surface area contributed by atoms with E-state index < -0.39 is 42.5 Å². The van der Waals surface area contributed by atoms with Crippen LogP contribution >= 0.6 is 31.9 Å². The van der Waals surface area contributed by atoms with Crippen molar-refractivity contribution in [3.8, 4) is 0 Å². The molecule has 4 atom stereocenters. The molecule has 0 amide bonds. The van der Waals surface area contributed by atoms with Gasteiger partial charge in [-0.3, -0.25) is 9.59 Å². The van der Waals surface area contributed by atoms with Gasteiger partial charge in [0.2, 0.25) is 12.4 Å². The zero-order chi connectivity index (χ0) is 19.3. The van der Waals surface area contributed by atoms with Crippen LogP contribution in [0, 0.1) is 0 Å². The SMILES string of the molecule is CC(=O)OC1O[C@H](C=C(Br)Br)[C@@H](OC(=O)c2ccccc2)[C@H]1OC(C)=O. The molecule has 7 nitrogen and oxygen atoms in total. The van der Waals surface area contributed by atoms with Crippen molar-refractivity contribution in [1.29, 1.82) is 0 Å². The molecule has 1 fully saturated rings. The minimum absolute atomic E-state index is 0.325. The van der Waals surface area contributed by atoms with Gasteiger partial charge in [0.05, 0.1) is 8.96 Å². The molecule has 9 heteroatoms. The van der Waals surface area contributed by atoms with Crippen molar-refractivity contribution < 1.29 is 33.3 Å². The van der Waals surface area contributed by atoms with Crippen LogP contribution in [0.4, 0.5) is 0 Å². The van der Waals surface area contributed by atoms with Gasteiger partial charge in [-0.05, 0) is 50.1 Å². The summed E-state index contributed by atoms with van der Waals surface area (Å²) in [6.07, 6.45) is -2.58. The third-order valence-electron chi connectivity index (χ3n) is 3.33. The van der Waals surface area contributed by atoms with Crippen LogP contribution in [0.15, 0.2) is 39.8 Å². The number of carbonyl (C=O) groups excluding carboxylic acids is 3. The van der Waals surface area contributed by atoms with Crippen LogP contribution in [0.2, 0.25) is 0 Å². The van der Waals surface area contributed by atoms with Gasteiger partial charge in [-0.2, -0.15) is 0 Å². The van der Waals surface area contributed by atoms with Crippen LogP contribution in [0.3, 0.4) is 0 Å². The zero-order valence-electron chi connectivity index (χ0n) is 13.9. The summed E-state index contributed by atoms with van der Waals surface area (Å²) in [4.78, 5) is 35.2. The van der Waals surface area contributed by atoms with Crippen molar-refractivity contribution in [2.75, 3.05) is 0 Å². The van der Waals surface area contributed by atoms with E-state index in [2.05, 4.69) is 31.9 Å². The highest BCUT2D eigenvalue weighted by Crippen LogP contribution is 2.31. The molecule has 1 aromatic carbocycles. The van der Waals surface area contributed by atoms with E-state index >= 15 is 0 Å². The Balaban J connectivity index is 2.30. The van der Waals surface area contributed by atoms with Gasteiger partial charge in [-0.15, -0.1) is 0 Å². The molecule has 1 aromatic rings. The number of halogens is 2. The molecule has 1 aliphatic heterocycles. The first-order valence-corrected chi connectivity index (χ1v) is 9.15.